The third-order valence-corrected chi connectivity index (χ3v) is 3.07. The van der Waals surface area contributed by atoms with E-state index in [0.717, 1.165) is 17.5 Å². The Bertz CT molecular complexity index is 634. The van der Waals surface area contributed by atoms with Crippen LogP contribution in [0.2, 0.25) is 0 Å². The lowest BCUT2D eigenvalue weighted by Crippen LogP contribution is -1.96. The summed E-state index contributed by atoms with van der Waals surface area (Å²) in [5, 5.41) is 15.5. The average molecular weight is 276 g/mol. The Hall–Kier alpha value is -2.50. The first kappa shape index (κ1) is 13.9. The van der Waals surface area contributed by atoms with Crippen LogP contribution in [0.3, 0.4) is 0 Å². The molecule has 0 bridgehead atoms. The minimum atomic E-state index is -1.04. The minimum Gasteiger partial charge on any atom is -0.493 e. The molecular formula is C14H16N2O4. The van der Waals surface area contributed by atoms with Gasteiger partial charge in [-0.05, 0) is 30.2 Å². The van der Waals surface area contributed by atoms with Crippen molar-refractivity contribution >= 4 is 5.97 Å². The van der Waals surface area contributed by atoms with Crippen LogP contribution < -0.4 is 9.47 Å². The van der Waals surface area contributed by atoms with E-state index in [1.54, 1.807) is 20.3 Å². The van der Waals surface area contributed by atoms with E-state index < -0.39 is 5.97 Å². The van der Waals surface area contributed by atoms with E-state index in [1.807, 2.05) is 13.0 Å². The van der Waals surface area contributed by atoms with E-state index in [4.69, 9.17) is 14.6 Å². The van der Waals surface area contributed by atoms with E-state index in [1.165, 1.54) is 6.07 Å². The van der Waals surface area contributed by atoms with Gasteiger partial charge in [0.15, 0.2) is 11.5 Å². The molecule has 0 fully saturated rings. The lowest BCUT2D eigenvalue weighted by Gasteiger charge is -2.12. The van der Waals surface area contributed by atoms with Gasteiger partial charge in [0, 0.05) is 5.56 Å². The van der Waals surface area contributed by atoms with E-state index >= 15 is 0 Å². The van der Waals surface area contributed by atoms with E-state index in [-0.39, 0.29) is 5.69 Å². The molecule has 106 valence electrons. The Morgan fingerprint density at radius 2 is 1.90 bits per heavy atom. The topological polar surface area (TPSA) is 84.4 Å². The monoisotopic (exact) mass is 276 g/mol. The second kappa shape index (κ2) is 5.64. The first-order valence-corrected chi connectivity index (χ1v) is 6.14. The zero-order valence-corrected chi connectivity index (χ0v) is 11.6. The molecule has 2 rings (SSSR count). The van der Waals surface area contributed by atoms with Crippen LogP contribution in [-0.2, 0) is 6.42 Å². The maximum atomic E-state index is 10.9. The fourth-order valence-electron chi connectivity index (χ4n) is 2.02. The van der Waals surface area contributed by atoms with Crippen molar-refractivity contribution < 1.29 is 19.4 Å². The molecule has 0 unspecified atom stereocenters. The maximum Gasteiger partial charge on any atom is 0.353 e. The van der Waals surface area contributed by atoms with Gasteiger partial charge >= 0.3 is 5.97 Å². The van der Waals surface area contributed by atoms with Gasteiger partial charge in [0.2, 0.25) is 0 Å². The molecule has 6 nitrogen and oxygen atoms in total. The third kappa shape index (κ3) is 2.45. The van der Waals surface area contributed by atoms with Crippen LogP contribution >= 0.6 is 0 Å². The standard InChI is InChI=1S/C14H16N2O4/c1-4-8-5-12(19-2)13(20-3)6-9(8)10-7-11(14(17)18)16-15-10/h5-7H,4H2,1-3H3,(H,15,16)(H,17,18). The van der Waals surface area contributed by atoms with Crippen molar-refractivity contribution in [2.45, 2.75) is 13.3 Å². The van der Waals surface area contributed by atoms with Crippen molar-refractivity contribution in [1.82, 2.24) is 10.2 Å². The number of aryl methyl sites for hydroxylation is 1. The summed E-state index contributed by atoms with van der Waals surface area (Å²) in [7, 11) is 3.13. The van der Waals surface area contributed by atoms with Crippen molar-refractivity contribution in [3.05, 3.63) is 29.5 Å². The lowest BCUT2D eigenvalue weighted by molar-refractivity contribution is 0.0690. The Morgan fingerprint density at radius 3 is 2.40 bits per heavy atom. The van der Waals surface area contributed by atoms with Crippen LogP contribution in [0.4, 0.5) is 0 Å². The van der Waals surface area contributed by atoms with Crippen LogP contribution in [0.15, 0.2) is 18.2 Å². The molecule has 20 heavy (non-hydrogen) atoms. The summed E-state index contributed by atoms with van der Waals surface area (Å²) in [5.41, 5.74) is 2.46. The summed E-state index contributed by atoms with van der Waals surface area (Å²) < 4.78 is 10.5. The van der Waals surface area contributed by atoms with Gasteiger partial charge in [-0.3, -0.25) is 5.10 Å². The van der Waals surface area contributed by atoms with E-state index in [0.29, 0.717) is 17.2 Å². The molecule has 0 saturated heterocycles. The number of hydrogen-bond donors (Lipinski definition) is 2. The lowest BCUT2D eigenvalue weighted by atomic mass is 10.0. The first-order chi connectivity index (χ1) is 9.60. The summed E-state index contributed by atoms with van der Waals surface area (Å²) in [6.45, 7) is 2.01. The van der Waals surface area contributed by atoms with Gasteiger partial charge in [-0.25, -0.2) is 4.79 Å². The number of benzene rings is 1. The van der Waals surface area contributed by atoms with E-state index in [9.17, 15) is 4.79 Å². The first-order valence-electron chi connectivity index (χ1n) is 6.14. The number of aromatic nitrogens is 2. The Balaban J connectivity index is 2.56. The van der Waals surface area contributed by atoms with Gasteiger partial charge in [-0.2, -0.15) is 5.10 Å². The molecule has 0 aliphatic heterocycles. The number of aromatic carboxylic acids is 1. The number of aromatic amines is 1. The highest BCUT2D eigenvalue weighted by molar-refractivity contribution is 5.87. The van der Waals surface area contributed by atoms with Crippen LogP contribution in [0.5, 0.6) is 11.5 Å². The second-order valence-electron chi connectivity index (χ2n) is 4.19. The summed E-state index contributed by atoms with van der Waals surface area (Å²) in [5.74, 6) is 0.184. The van der Waals surface area contributed by atoms with Crippen molar-refractivity contribution in [1.29, 1.82) is 0 Å². The molecule has 2 N–H and O–H groups in total. The molecular weight excluding hydrogens is 260 g/mol. The zero-order valence-electron chi connectivity index (χ0n) is 11.6. The zero-order chi connectivity index (χ0) is 14.7. The molecule has 0 saturated carbocycles. The summed E-state index contributed by atoms with van der Waals surface area (Å²) in [6.07, 6.45) is 0.769. The number of rotatable bonds is 5. The Kier molecular flexibility index (Phi) is 3.93. The highest BCUT2D eigenvalue weighted by Gasteiger charge is 2.15. The SMILES string of the molecule is CCc1cc(OC)c(OC)cc1-c1cc(C(=O)O)[nH]n1. The van der Waals surface area contributed by atoms with Gasteiger partial charge in [-0.15, -0.1) is 0 Å². The van der Waals surface area contributed by atoms with Crippen molar-refractivity contribution in [3.63, 3.8) is 0 Å². The molecule has 0 amide bonds. The highest BCUT2D eigenvalue weighted by Crippen LogP contribution is 2.35. The molecule has 0 aliphatic carbocycles. The number of nitrogens with one attached hydrogen (secondary N) is 1. The average Bonchev–Trinajstić information content (AvgIpc) is 2.95. The van der Waals surface area contributed by atoms with Crippen molar-refractivity contribution in [3.8, 4) is 22.8 Å². The van der Waals surface area contributed by atoms with Crippen molar-refractivity contribution in [2.24, 2.45) is 0 Å². The minimum absolute atomic E-state index is 0.0526. The molecule has 0 spiro atoms. The van der Waals surface area contributed by atoms with Gasteiger partial charge in [0.1, 0.15) is 5.69 Å². The maximum absolute atomic E-state index is 10.9. The number of carboxylic acids is 1. The predicted octanol–water partition coefficient (Wildman–Crippen LogP) is 2.35. The normalized spacial score (nSPS) is 10.3. The second-order valence-corrected chi connectivity index (χ2v) is 4.19. The molecule has 0 radical (unpaired) electrons. The molecule has 6 heteroatoms. The highest BCUT2D eigenvalue weighted by atomic mass is 16.5. The summed E-state index contributed by atoms with van der Waals surface area (Å²) >= 11 is 0. The summed E-state index contributed by atoms with van der Waals surface area (Å²) in [6, 6.07) is 5.19. The fourth-order valence-corrected chi connectivity index (χ4v) is 2.02. The molecule has 0 aliphatic rings. The molecule has 1 aromatic heterocycles. The fraction of sp³-hybridized carbons (Fsp3) is 0.286. The number of H-pyrrole nitrogens is 1. The number of ether oxygens (including phenoxy) is 2. The molecule has 0 atom stereocenters. The number of carbonyl (C=O) groups is 1. The predicted molar refractivity (Wildman–Crippen MR) is 73.5 cm³/mol. The van der Waals surface area contributed by atoms with Crippen molar-refractivity contribution in [2.75, 3.05) is 14.2 Å². The van der Waals surface area contributed by atoms with Crippen LogP contribution in [0.25, 0.3) is 11.3 Å². The Labute approximate surface area is 116 Å². The van der Waals surface area contributed by atoms with Crippen LogP contribution in [-0.4, -0.2) is 35.5 Å². The smallest absolute Gasteiger partial charge is 0.353 e. The quantitative estimate of drug-likeness (QED) is 0.875. The van der Waals surface area contributed by atoms with Gasteiger partial charge in [0.05, 0.1) is 19.9 Å². The van der Waals surface area contributed by atoms with Crippen LogP contribution in [0, 0.1) is 0 Å². The molecule has 2 aromatic rings. The largest absolute Gasteiger partial charge is 0.493 e. The van der Waals surface area contributed by atoms with Crippen LogP contribution in [0.1, 0.15) is 23.0 Å². The third-order valence-electron chi connectivity index (χ3n) is 3.07. The molecule has 1 aromatic carbocycles. The summed E-state index contributed by atoms with van der Waals surface area (Å²) in [4.78, 5) is 10.9. The Morgan fingerprint density at radius 1 is 1.25 bits per heavy atom. The van der Waals surface area contributed by atoms with Gasteiger partial charge < -0.3 is 14.6 Å². The number of hydrogen-bond acceptors (Lipinski definition) is 4. The van der Waals surface area contributed by atoms with Gasteiger partial charge in [0.25, 0.3) is 0 Å². The van der Waals surface area contributed by atoms with E-state index in [2.05, 4.69) is 10.2 Å². The van der Waals surface area contributed by atoms with Gasteiger partial charge in [-0.1, -0.05) is 6.92 Å². The number of carboxylic acid groups (broad SMARTS) is 1. The molecule has 1 heterocycles. The number of methoxy groups -OCH3 is 2. The number of nitrogens with zero attached hydrogens (tertiary/aromatic N) is 1.